The van der Waals surface area contributed by atoms with E-state index in [1.54, 1.807) is 41.3 Å². The zero-order valence-corrected chi connectivity index (χ0v) is 19.2. The molecule has 1 atom stereocenters. The number of carbonyl (C=O) groups is 1. The lowest BCUT2D eigenvalue weighted by atomic mass is 9.98. The van der Waals surface area contributed by atoms with E-state index in [9.17, 15) is 9.59 Å². The number of nitrogens with zero attached hydrogens (tertiary/aromatic N) is 1. The Bertz CT molecular complexity index is 1220. The van der Waals surface area contributed by atoms with Crippen molar-refractivity contribution in [1.29, 1.82) is 0 Å². The van der Waals surface area contributed by atoms with Crippen molar-refractivity contribution in [2.24, 2.45) is 0 Å². The summed E-state index contributed by atoms with van der Waals surface area (Å²) in [6.07, 6.45) is 0.700. The van der Waals surface area contributed by atoms with Gasteiger partial charge in [0.1, 0.15) is 5.58 Å². The average Bonchev–Trinajstić information content (AvgIpc) is 3.00. The number of hydrogen-bond acceptors (Lipinski definition) is 4. The highest BCUT2D eigenvalue weighted by molar-refractivity contribution is 6.42. The molecule has 0 saturated carbocycles. The maximum atomic E-state index is 13.4. The third kappa shape index (κ3) is 4.20. The van der Waals surface area contributed by atoms with E-state index in [4.69, 9.17) is 44.0 Å². The molecule has 2 aromatic carbocycles. The highest BCUT2D eigenvalue weighted by atomic mass is 35.5. The minimum atomic E-state index is -0.643. The SMILES string of the molecule is CC(C)OCCCN1C(=O)c2oc3ccc(Cl)cc3c(=O)c2[C@H]1c1ccc(Cl)c(Cl)c1. The van der Waals surface area contributed by atoms with Crippen LogP contribution in [0.2, 0.25) is 15.1 Å². The molecular weight excluding hydrogens is 461 g/mol. The van der Waals surface area contributed by atoms with Crippen molar-refractivity contribution in [3.8, 4) is 0 Å². The van der Waals surface area contributed by atoms with E-state index in [1.165, 1.54) is 0 Å². The van der Waals surface area contributed by atoms with Gasteiger partial charge in [-0.3, -0.25) is 9.59 Å². The normalized spacial score (nSPS) is 15.9. The van der Waals surface area contributed by atoms with Gasteiger partial charge in [-0.1, -0.05) is 40.9 Å². The lowest BCUT2D eigenvalue weighted by Gasteiger charge is -2.25. The van der Waals surface area contributed by atoms with Gasteiger partial charge in [-0.25, -0.2) is 0 Å². The molecule has 8 heteroatoms. The second-order valence-corrected chi connectivity index (χ2v) is 8.91. The molecule has 1 aliphatic rings. The molecule has 0 bridgehead atoms. The number of amides is 1. The molecule has 0 radical (unpaired) electrons. The van der Waals surface area contributed by atoms with E-state index in [1.807, 2.05) is 13.8 Å². The van der Waals surface area contributed by atoms with Crippen molar-refractivity contribution < 1.29 is 13.9 Å². The Labute approximate surface area is 194 Å². The van der Waals surface area contributed by atoms with Crippen LogP contribution in [0.25, 0.3) is 11.0 Å². The zero-order valence-electron chi connectivity index (χ0n) is 17.0. The van der Waals surface area contributed by atoms with E-state index < -0.39 is 6.04 Å². The molecule has 0 spiro atoms. The summed E-state index contributed by atoms with van der Waals surface area (Å²) in [5.74, 6) is -0.301. The number of fused-ring (bicyclic) bond motifs is 2. The molecule has 4 rings (SSSR count). The van der Waals surface area contributed by atoms with E-state index in [2.05, 4.69) is 0 Å². The fourth-order valence-corrected chi connectivity index (χ4v) is 4.28. The summed E-state index contributed by atoms with van der Waals surface area (Å²) in [4.78, 5) is 28.4. The van der Waals surface area contributed by atoms with Gasteiger partial charge in [0.2, 0.25) is 5.76 Å². The predicted octanol–water partition coefficient (Wildman–Crippen LogP) is 6.11. The van der Waals surface area contributed by atoms with Crippen molar-refractivity contribution in [3.05, 3.63) is 78.6 Å². The van der Waals surface area contributed by atoms with Crippen LogP contribution in [0.3, 0.4) is 0 Å². The van der Waals surface area contributed by atoms with Crippen LogP contribution in [0.15, 0.2) is 45.6 Å². The standard InChI is InChI=1S/C23H20Cl3NO4/c1-12(2)30-9-3-8-27-20(13-4-6-16(25)17(26)10-13)19-21(28)15-11-14(24)5-7-18(15)31-22(19)23(27)29/h4-7,10-12,20H,3,8-9H2,1-2H3/t20-/m1/s1. The highest BCUT2D eigenvalue weighted by Crippen LogP contribution is 2.40. The van der Waals surface area contributed by atoms with Crippen LogP contribution >= 0.6 is 34.8 Å². The molecule has 162 valence electrons. The fourth-order valence-electron chi connectivity index (χ4n) is 3.81. The molecule has 0 fully saturated rings. The minimum absolute atomic E-state index is 0.0423. The van der Waals surface area contributed by atoms with Crippen molar-refractivity contribution >= 4 is 51.7 Å². The molecule has 0 saturated heterocycles. The van der Waals surface area contributed by atoms with Crippen molar-refractivity contribution in [2.45, 2.75) is 32.4 Å². The van der Waals surface area contributed by atoms with Gasteiger partial charge >= 0.3 is 0 Å². The Morgan fingerprint density at radius 2 is 1.84 bits per heavy atom. The molecule has 5 nitrogen and oxygen atoms in total. The van der Waals surface area contributed by atoms with Gasteiger partial charge in [-0.05, 0) is 56.2 Å². The Morgan fingerprint density at radius 1 is 1.06 bits per heavy atom. The smallest absolute Gasteiger partial charge is 0.290 e. The van der Waals surface area contributed by atoms with E-state index in [0.29, 0.717) is 51.2 Å². The largest absolute Gasteiger partial charge is 0.450 e. The van der Waals surface area contributed by atoms with Crippen molar-refractivity contribution in [2.75, 3.05) is 13.2 Å². The van der Waals surface area contributed by atoms with Crippen LogP contribution in [0.5, 0.6) is 0 Å². The lowest BCUT2D eigenvalue weighted by molar-refractivity contribution is 0.0593. The number of carbonyl (C=O) groups excluding carboxylic acids is 1. The maximum Gasteiger partial charge on any atom is 0.290 e. The van der Waals surface area contributed by atoms with E-state index in [0.717, 1.165) is 0 Å². The van der Waals surface area contributed by atoms with Crippen LogP contribution in [0, 0.1) is 0 Å². The highest BCUT2D eigenvalue weighted by Gasteiger charge is 2.42. The van der Waals surface area contributed by atoms with Crippen LogP contribution in [-0.4, -0.2) is 30.1 Å². The van der Waals surface area contributed by atoms with Crippen LogP contribution in [0.1, 0.15) is 48.0 Å². The van der Waals surface area contributed by atoms with Gasteiger partial charge in [0.15, 0.2) is 5.43 Å². The predicted molar refractivity (Wildman–Crippen MR) is 123 cm³/mol. The number of hydrogen-bond donors (Lipinski definition) is 0. The van der Waals surface area contributed by atoms with Gasteiger partial charge in [0, 0.05) is 18.2 Å². The van der Waals surface area contributed by atoms with Gasteiger partial charge in [0.05, 0.1) is 33.1 Å². The summed E-state index contributed by atoms with van der Waals surface area (Å²) in [5.41, 5.74) is 0.992. The van der Waals surface area contributed by atoms with Crippen LogP contribution < -0.4 is 5.43 Å². The summed E-state index contributed by atoms with van der Waals surface area (Å²) in [7, 11) is 0. The Kier molecular flexibility index (Phi) is 6.31. The van der Waals surface area contributed by atoms with E-state index >= 15 is 0 Å². The monoisotopic (exact) mass is 479 g/mol. The van der Waals surface area contributed by atoms with Crippen molar-refractivity contribution in [3.63, 3.8) is 0 Å². The Morgan fingerprint density at radius 3 is 2.55 bits per heavy atom. The molecule has 0 unspecified atom stereocenters. The van der Waals surface area contributed by atoms with Crippen molar-refractivity contribution in [1.82, 2.24) is 4.90 Å². The van der Waals surface area contributed by atoms with Gasteiger partial charge in [-0.15, -0.1) is 0 Å². The fraction of sp³-hybridized carbons (Fsp3) is 0.304. The Balaban J connectivity index is 1.84. The molecule has 1 amide bonds. The third-order valence-corrected chi connectivity index (χ3v) is 6.16. The van der Waals surface area contributed by atoms with Crippen LogP contribution in [0.4, 0.5) is 0 Å². The summed E-state index contributed by atoms with van der Waals surface area (Å²) in [6.45, 7) is 4.78. The molecule has 1 aliphatic heterocycles. The molecule has 31 heavy (non-hydrogen) atoms. The second kappa shape index (κ2) is 8.83. The number of rotatable bonds is 6. The number of halogens is 3. The molecule has 0 N–H and O–H groups in total. The lowest BCUT2D eigenvalue weighted by Crippen LogP contribution is -2.31. The van der Waals surface area contributed by atoms with Gasteiger partial charge in [-0.2, -0.15) is 0 Å². The molecule has 1 aromatic heterocycles. The summed E-state index contributed by atoms with van der Waals surface area (Å²) < 4.78 is 11.5. The summed E-state index contributed by atoms with van der Waals surface area (Å²) >= 11 is 18.4. The number of ether oxygens (including phenoxy) is 1. The molecule has 3 aromatic rings. The first kappa shape index (κ1) is 22.2. The van der Waals surface area contributed by atoms with E-state index in [-0.39, 0.29) is 28.8 Å². The zero-order chi connectivity index (χ0) is 22.3. The second-order valence-electron chi connectivity index (χ2n) is 7.66. The Hall–Kier alpha value is -2.05. The molecule has 2 heterocycles. The first-order valence-electron chi connectivity index (χ1n) is 9.91. The summed E-state index contributed by atoms with van der Waals surface area (Å²) in [5, 5.41) is 1.48. The topological polar surface area (TPSA) is 59.8 Å². The maximum absolute atomic E-state index is 13.4. The summed E-state index contributed by atoms with van der Waals surface area (Å²) in [6, 6.07) is 9.22. The minimum Gasteiger partial charge on any atom is -0.450 e. The number of benzene rings is 2. The van der Waals surface area contributed by atoms with Gasteiger partial charge < -0.3 is 14.1 Å². The molecular formula is C23H20Cl3NO4. The first-order chi connectivity index (χ1) is 14.8. The quantitative estimate of drug-likeness (QED) is 0.399. The first-order valence-corrected chi connectivity index (χ1v) is 11.0. The third-order valence-electron chi connectivity index (χ3n) is 5.18. The van der Waals surface area contributed by atoms with Gasteiger partial charge in [0.25, 0.3) is 5.91 Å². The molecule has 0 aliphatic carbocycles. The van der Waals surface area contributed by atoms with Crippen LogP contribution in [-0.2, 0) is 4.74 Å². The average molecular weight is 481 g/mol.